The lowest BCUT2D eigenvalue weighted by Gasteiger charge is -2.35. The van der Waals surface area contributed by atoms with E-state index in [2.05, 4.69) is 6.92 Å². The molecule has 0 aliphatic carbocycles. The highest BCUT2D eigenvalue weighted by atomic mass is 32.1. The molecule has 2 rings (SSSR count). The molecule has 5 heteroatoms. The number of carbonyl (C=O) groups excluding carboxylic acids is 1. The van der Waals surface area contributed by atoms with Crippen LogP contribution in [0.15, 0.2) is 24.3 Å². The van der Waals surface area contributed by atoms with Crippen LogP contribution in [-0.4, -0.2) is 35.0 Å². The summed E-state index contributed by atoms with van der Waals surface area (Å²) >= 11 is 5.10. The summed E-state index contributed by atoms with van der Waals surface area (Å²) in [6.45, 7) is 3.41. The Balaban J connectivity index is 2.16. The van der Waals surface area contributed by atoms with E-state index in [9.17, 15) is 4.79 Å². The van der Waals surface area contributed by atoms with Gasteiger partial charge in [0.15, 0.2) is 0 Å². The summed E-state index contributed by atoms with van der Waals surface area (Å²) in [5.74, 6) is 0.709. The zero-order chi connectivity index (χ0) is 15.2. The van der Waals surface area contributed by atoms with Crippen LogP contribution in [-0.2, 0) is 0 Å². The molecule has 0 radical (unpaired) electrons. The molecular weight excluding hydrogens is 284 g/mol. The van der Waals surface area contributed by atoms with E-state index in [4.69, 9.17) is 22.7 Å². The predicted molar refractivity (Wildman–Crippen MR) is 87.7 cm³/mol. The van der Waals surface area contributed by atoms with Gasteiger partial charge in [-0.2, -0.15) is 0 Å². The molecule has 1 heterocycles. The molecule has 1 aromatic rings. The third-order valence-electron chi connectivity index (χ3n) is 3.65. The molecule has 2 N–H and O–H groups in total. The maximum absolute atomic E-state index is 12.7. The lowest BCUT2D eigenvalue weighted by Crippen LogP contribution is -2.49. The molecule has 0 aromatic heterocycles. The number of piperidine rings is 1. The molecule has 1 saturated heterocycles. The third kappa shape index (κ3) is 3.94. The highest BCUT2D eigenvalue weighted by Gasteiger charge is 2.29. The SMILES string of the molecule is CCCOc1cccc(C(=O)N2CCCCC2C(N)=S)c1. The minimum absolute atomic E-state index is 0.0190. The number of nitrogens with two attached hydrogens (primary N) is 1. The van der Waals surface area contributed by atoms with Gasteiger partial charge in [-0.15, -0.1) is 0 Å². The number of carbonyl (C=O) groups is 1. The maximum atomic E-state index is 12.7. The van der Waals surface area contributed by atoms with Gasteiger partial charge in [0, 0.05) is 12.1 Å². The first kappa shape index (κ1) is 15.8. The number of thiocarbonyl (C=S) groups is 1. The molecule has 0 spiro atoms. The van der Waals surface area contributed by atoms with E-state index in [-0.39, 0.29) is 11.9 Å². The molecule has 1 aliphatic rings. The van der Waals surface area contributed by atoms with Crippen LogP contribution in [0.25, 0.3) is 0 Å². The summed E-state index contributed by atoms with van der Waals surface area (Å²) in [5, 5.41) is 0. The van der Waals surface area contributed by atoms with Gasteiger partial charge < -0.3 is 15.4 Å². The van der Waals surface area contributed by atoms with Gasteiger partial charge >= 0.3 is 0 Å². The molecule has 0 saturated carbocycles. The monoisotopic (exact) mass is 306 g/mol. The average molecular weight is 306 g/mol. The minimum Gasteiger partial charge on any atom is -0.494 e. The van der Waals surface area contributed by atoms with Crippen molar-refractivity contribution in [2.75, 3.05) is 13.2 Å². The molecule has 1 atom stereocenters. The second-order valence-electron chi connectivity index (χ2n) is 5.29. The van der Waals surface area contributed by atoms with Gasteiger partial charge in [0.25, 0.3) is 5.91 Å². The number of ether oxygens (including phenoxy) is 1. The van der Waals surface area contributed by atoms with E-state index in [1.54, 1.807) is 11.0 Å². The topological polar surface area (TPSA) is 55.6 Å². The summed E-state index contributed by atoms with van der Waals surface area (Å²) in [6, 6.07) is 7.20. The Bertz CT molecular complexity index is 519. The van der Waals surface area contributed by atoms with Crippen molar-refractivity contribution in [1.82, 2.24) is 4.90 Å². The molecular formula is C16H22N2O2S. The van der Waals surface area contributed by atoms with Gasteiger partial charge in [0.05, 0.1) is 17.6 Å². The highest BCUT2D eigenvalue weighted by Crippen LogP contribution is 2.22. The maximum Gasteiger partial charge on any atom is 0.254 e. The molecule has 1 fully saturated rings. The molecule has 4 nitrogen and oxygen atoms in total. The molecule has 1 aromatic carbocycles. The van der Waals surface area contributed by atoms with Crippen LogP contribution in [0.3, 0.4) is 0 Å². The standard InChI is InChI=1S/C16H22N2O2S/c1-2-10-20-13-7-5-6-12(11-13)16(19)18-9-4-3-8-14(18)15(17)21/h5-7,11,14H,2-4,8-10H2,1H3,(H2,17,21). The Morgan fingerprint density at radius 2 is 2.29 bits per heavy atom. The second-order valence-corrected chi connectivity index (χ2v) is 5.76. The van der Waals surface area contributed by atoms with Crippen molar-refractivity contribution in [1.29, 1.82) is 0 Å². The van der Waals surface area contributed by atoms with Crippen molar-refractivity contribution in [3.63, 3.8) is 0 Å². The minimum atomic E-state index is -0.124. The Kier molecular flexibility index (Phi) is 5.56. The van der Waals surface area contributed by atoms with Crippen LogP contribution in [0.4, 0.5) is 0 Å². The van der Waals surface area contributed by atoms with E-state index in [0.717, 1.165) is 31.4 Å². The van der Waals surface area contributed by atoms with Crippen LogP contribution in [0.2, 0.25) is 0 Å². The molecule has 1 aliphatic heterocycles. The van der Waals surface area contributed by atoms with E-state index in [1.165, 1.54) is 0 Å². The van der Waals surface area contributed by atoms with Crippen molar-refractivity contribution >= 4 is 23.1 Å². The van der Waals surface area contributed by atoms with Crippen LogP contribution < -0.4 is 10.5 Å². The number of hydrogen-bond donors (Lipinski definition) is 1. The lowest BCUT2D eigenvalue weighted by atomic mass is 10.0. The van der Waals surface area contributed by atoms with E-state index < -0.39 is 0 Å². The molecule has 21 heavy (non-hydrogen) atoms. The fourth-order valence-electron chi connectivity index (χ4n) is 2.58. The van der Waals surface area contributed by atoms with Crippen LogP contribution in [0.5, 0.6) is 5.75 Å². The smallest absolute Gasteiger partial charge is 0.254 e. The van der Waals surface area contributed by atoms with E-state index >= 15 is 0 Å². The predicted octanol–water partition coefficient (Wildman–Crippen LogP) is 2.76. The number of hydrogen-bond acceptors (Lipinski definition) is 3. The number of rotatable bonds is 5. The first-order valence-electron chi connectivity index (χ1n) is 7.46. The van der Waals surface area contributed by atoms with Gasteiger partial charge in [-0.3, -0.25) is 4.79 Å². The van der Waals surface area contributed by atoms with Crippen molar-refractivity contribution < 1.29 is 9.53 Å². The highest BCUT2D eigenvalue weighted by molar-refractivity contribution is 7.80. The normalized spacial score (nSPS) is 18.3. The fourth-order valence-corrected chi connectivity index (χ4v) is 2.82. The first-order valence-corrected chi connectivity index (χ1v) is 7.87. The number of likely N-dealkylation sites (tertiary alicyclic amines) is 1. The zero-order valence-electron chi connectivity index (χ0n) is 12.4. The summed E-state index contributed by atoms with van der Waals surface area (Å²) < 4.78 is 5.59. The Labute approximate surface area is 131 Å². The largest absolute Gasteiger partial charge is 0.494 e. The molecule has 114 valence electrons. The Morgan fingerprint density at radius 1 is 1.48 bits per heavy atom. The molecule has 1 amide bonds. The van der Waals surface area contributed by atoms with Crippen molar-refractivity contribution in [3.05, 3.63) is 29.8 Å². The quantitative estimate of drug-likeness (QED) is 0.850. The lowest BCUT2D eigenvalue weighted by molar-refractivity contribution is 0.0681. The number of nitrogens with zero attached hydrogens (tertiary/aromatic N) is 1. The Hall–Kier alpha value is -1.62. The molecule has 0 bridgehead atoms. The Morgan fingerprint density at radius 3 is 3.00 bits per heavy atom. The van der Waals surface area contributed by atoms with Gasteiger partial charge in [-0.25, -0.2) is 0 Å². The van der Waals surface area contributed by atoms with Gasteiger partial charge in [0.1, 0.15) is 5.75 Å². The fraction of sp³-hybridized carbons (Fsp3) is 0.500. The average Bonchev–Trinajstić information content (AvgIpc) is 2.52. The molecule has 1 unspecified atom stereocenters. The summed E-state index contributed by atoms with van der Waals surface area (Å²) in [5.41, 5.74) is 6.41. The van der Waals surface area contributed by atoms with Gasteiger partial charge in [-0.05, 0) is 43.9 Å². The van der Waals surface area contributed by atoms with Gasteiger partial charge in [-0.1, -0.05) is 25.2 Å². The third-order valence-corrected chi connectivity index (χ3v) is 3.92. The van der Waals surface area contributed by atoms with Crippen molar-refractivity contribution in [2.45, 2.75) is 38.6 Å². The number of amides is 1. The second kappa shape index (κ2) is 7.41. The van der Waals surface area contributed by atoms with E-state index in [1.807, 2.05) is 18.2 Å². The summed E-state index contributed by atoms with van der Waals surface area (Å²) in [7, 11) is 0. The summed E-state index contributed by atoms with van der Waals surface area (Å²) in [6.07, 6.45) is 3.85. The van der Waals surface area contributed by atoms with E-state index in [0.29, 0.717) is 23.7 Å². The van der Waals surface area contributed by atoms with Crippen molar-refractivity contribution in [3.8, 4) is 5.75 Å². The van der Waals surface area contributed by atoms with Crippen LogP contribution >= 0.6 is 12.2 Å². The first-order chi connectivity index (χ1) is 10.1. The summed E-state index contributed by atoms with van der Waals surface area (Å²) in [4.78, 5) is 14.9. The number of benzene rings is 1. The van der Waals surface area contributed by atoms with Gasteiger partial charge in [0.2, 0.25) is 0 Å². The van der Waals surface area contributed by atoms with Crippen LogP contribution in [0, 0.1) is 0 Å². The zero-order valence-corrected chi connectivity index (χ0v) is 13.2. The van der Waals surface area contributed by atoms with Crippen LogP contribution in [0.1, 0.15) is 43.0 Å². The van der Waals surface area contributed by atoms with Crippen molar-refractivity contribution in [2.24, 2.45) is 5.73 Å².